The van der Waals surface area contributed by atoms with Crippen LogP contribution in [0.25, 0.3) is 0 Å². The molecule has 0 saturated heterocycles. The Balaban J connectivity index is 0.944. The van der Waals surface area contributed by atoms with E-state index in [0.29, 0.717) is 60.3 Å². The Labute approximate surface area is 409 Å². The standard InChI is InChI=1S/C56H58N2O10P2/c1-37-34-38(2)50(55(63)69(65,43-20-11-7-12-21-43)44-22-13-8-14-23-44)41(5)47(37)36-49(60)53(61)57-29-31-68-33-32-67-30-19-28-48(59)54(62)58-52-40(4)35-39(3)51(42(52)6)56(64)70(66,45-24-15-9-16-25-45)46-26-17-10-18-27-46/h7-18,20-27,34-35H,19,28-33,36H2,1-6H3,(H,57,61)(H,58,62). The Kier molecular flexibility index (Phi) is 17.9. The van der Waals surface area contributed by atoms with E-state index in [1.165, 1.54) is 0 Å². The molecule has 0 fully saturated rings. The van der Waals surface area contributed by atoms with Crippen LogP contribution in [0.2, 0.25) is 0 Å². The van der Waals surface area contributed by atoms with Crippen molar-refractivity contribution in [2.24, 2.45) is 0 Å². The number of ether oxygens (including phenoxy) is 2. The van der Waals surface area contributed by atoms with Gasteiger partial charge in [-0.15, -0.1) is 0 Å². The highest BCUT2D eigenvalue weighted by Crippen LogP contribution is 2.50. The van der Waals surface area contributed by atoms with Crippen molar-refractivity contribution in [1.29, 1.82) is 0 Å². The van der Waals surface area contributed by atoms with E-state index in [9.17, 15) is 37.9 Å². The predicted molar refractivity (Wildman–Crippen MR) is 276 cm³/mol. The van der Waals surface area contributed by atoms with Gasteiger partial charge >= 0.3 is 0 Å². The second-order valence-corrected chi connectivity index (χ2v) is 22.4. The van der Waals surface area contributed by atoms with Crippen LogP contribution in [0.15, 0.2) is 133 Å². The normalized spacial score (nSPS) is 11.5. The number of anilines is 1. The van der Waals surface area contributed by atoms with Crippen molar-refractivity contribution in [3.8, 4) is 0 Å². The lowest BCUT2D eigenvalue weighted by atomic mass is 9.91. The Morgan fingerprint density at radius 2 is 0.886 bits per heavy atom. The molecule has 6 aromatic rings. The van der Waals surface area contributed by atoms with Crippen molar-refractivity contribution in [2.45, 2.75) is 60.8 Å². The van der Waals surface area contributed by atoms with Crippen LogP contribution in [-0.4, -0.2) is 67.4 Å². The molecule has 12 nitrogen and oxygen atoms in total. The van der Waals surface area contributed by atoms with Crippen LogP contribution in [0, 0.1) is 41.5 Å². The summed E-state index contributed by atoms with van der Waals surface area (Å²) in [6.45, 7) is 11.2. The van der Waals surface area contributed by atoms with E-state index in [4.69, 9.17) is 9.47 Å². The van der Waals surface area contributed by atoms with E-state index in [2.05, 4.69) is 10.6 Å². The highest BCUT2D eigenvalue weighted by atomic mass is 31.2. The van der Waals surface area contributed by atoms with Gasteiger partial charge in [0, 0.05) is 64.0 Å². The van der Waals surface area contributed by atoms with Crippen molar-refractivity contribution in [2.75, 3.05) is 38.3 Å². The van der Waals surface area contributed by atoms with Gasteiger partial charge < -0.3 is 29.2 Å². The second kappa shape index (κ2) is 23.8. The lowest BCUT2D eigenvalue weighted by molar-refractivity contribution is -0.137. The zero-order chi connectivity index (χ0) is 50.6. The third-order valence-electron chi connectivity index (χ3n) is 12.3. The Morgan fingerprint density at radius 3 is 1.34 bits per heavy atom. The minimum Gasteiger partial charge on any atom is -0.379 e. The van der Waals surface area contributed by atoms with Gasteiger partial charge in [0.25, 0.3) is 11.8 Å². The molecule has 0 atom stereocenters. The van der Waals surface area contributed by atoms with Crippen molar-refractivity contribution < 1.29 is 47.4 Å². The maximum absolute atomic E-state index is 14.9. The molecule has 6 aromatic carbocycles. The summed E-state index contributed by atoms with van der Waals surface area (Å²) in [4.78, 5) is 81.0. The Hall–Kier alpha value is -6.68. The summed E-state index contributed by atoms with van der Waals surface area (Å²) in [6.07, 6.45) is -0.0982. The number of nitrogens with one attached hydrogen (secondary N) is 2. The lowest BCUT2D eigenvalue weighted by Crippen LogP contribution is -2.35. The molecule has 0 aliphatic carbocycles. The van der Waals surface area contributed by atoms with Crippen LogP contribution in [0.1, 0.15) is 72.5 Å². The maximum atomic E-state index is 14.9. The van der Waals surface area contributed by atoms with Gasteiger partial charge in [0.1, 0.15) is 0 Å². The highest BCUT2D eigenvalue weighted by Gasteiger charge is 2.40. The van der Waals surface area contributed by atoms with Crippen LogP contribution in [0.5, 0.6) is 0 Å². The monoisotopic (exact) mass is 980 g/mol. The topological polar surface area (TPSA) is 179 Å². The molecule has 70 heavy (non-hydrogen) atoms. The molecule has 0 saturated carbocycles. The van der Waals surface area contributed by atoms with E-state index in [0.717, 1.165) is 5.56 Å². The van der Waals surface area contributed by atoms with Gasteiger partial charge in [0.05, 0.1) is 19.8 Å². The molecule has 0 aliphatic rings. The molecule has 362 valence electrons. The van der Waals surface area contributed by atoms with Crippen LogP contribution in [0.4, 0.5) is 5.69 Å². The average molecular weight is 981 g/mol. The summed E-state index contributed by atoms with van der Waals surface area (Å²) in [7, 11) is -7.66. The smallest absolute Gasteiger partial charge is 0.291 e. The SMILES string of the molecule is Cc1cc(C)c(C(=O)P(=O)(c2ccccc2)c2ccccc2)c(C)c1CC(=O)C(=O)NCCOCCOCCCC(=O)C(=O)Nc1c(C)cc(C)c(C(=O)P(=O)(c2ccccc2)c2ccccc2)c1C. The van der Waals surface area contributed by atoms with Crippen molar-refractivity contribution in [3.05, 3.63) is 184 Å². The molecule has 2 amide bonds. The predicted octanol–water partition coefficient (Wildman–Crippen LogP) is 8.09. The molecule has 0 aromatic heterocycles. The quantitative estimate of drug-likeness (QED) is 0.0362. The molecular weight excluding hydrogens is 923 g/mol. The molecule has 0 spiro atoms. The first-order chi connectivity index (χ1) is 33.5. The van der Waals surface area contributed by atoms with Crippen molar-refractivity contribution in [1.82, 2.24) is 5.32 Å². The average Bonchev–Trinajstić information content (AvgIpc) is 3.36. The summed E-state index contributed by atoms with van der Waals surface area (Å²) in [5.41, 5.74) is 3.73. The van der Waals surface area contributed by atoms with E-state index < -0.39 is 48.7 Å². The van der Waals surface area contributed by atoms with Gasteiger partial charge in [-0.25, -0.2) is 0 Å². The Morgan fingerprint density at radius 1 is 0.471 bits per heavy atom. The molecular formula is C56H58N2O10P2. The third-order valence-corrected chi connectivity index (χ3v) is 18.0. The molecule has 2 N–H and O–H groups in total. The van der Waals surface area contributed by atoms with E-state index in [-0.39, 0.29) is 63.4 Å². The Bertz CT molecular complexity index is 2720. The van der Waals surface area contributed by atoms with Gasteiger partial charge in [0.2, 0.25) is 36.9 Å². The minimum atomic E-state index is -3.84. The van der Waals surface area contributed by atoms with Gasteiger partial charge in [-0.3, -0.25) is 28.8 Å². The summed E-state index contributed by atoms with van der Waals surface area (Å²) < 4.78 is 40.9. The number of carbonyl (C=O) groups excluding carboxylic acids is 6. The maximum Gasteiger partial charge on any atom is 0.291 e. The zero-order valence-electron chi connectivity index (χ0n) is 40.3. The third kappa shape index (κ3) is 11.7. The molecule has 6 rings (SSSR count). The van der Waals surface area contributed by atoms with E-state index >= 15 is 0 Å². The molecule has 0 unspecified atom stereocenters. The highest BCUT2D eigenvalue weighted by molar-refractivity contribution is 7.94. The minimum absolute atomic E-state index is 0.0517. The zero-order valence-corrected chi connectivity index (χ0v) is 42.1. The van der Waals surface area contributed by atoms with Gasteiger partial charge in [-0.2, -0.15) is 0 Å². The lowest BCUT2D eigenvalue weighted by Gasteiger charge is -2.22. The number of rotatable bonds is 23. The first-order valence-electron chi connectivity index (χ1n) is 23.0. The fraction of sp³-hybridized carbons (Fsp3) is 0.250. The van der Waals surface area contributed by atoms with Crippen molar-refractivity contribution >= 4 is 75.6 Å². The number of aryl methyl sites for hydroxylation is 4. The van der Waals surface area contributed by atoms with Crippen molar-refractivity contribution in [3.63, 3.8) is 0 Å². The number of amides is 2. The van der Waals surface area contributed by atoms with E-state index in [1.807, 2.05) is 6.92 Å². The second-order valence-electron chi connectivity index (χ2n) is 17.1. The molecule has 0 radical (unpaired) electrons. The van der Waals surface area contributed by atoms with E-state index in [1.54, 1.807) is 168 Å². The largest absolute Gasteiger partial charge is 0.379 e. The number of hydrogen-bond acceptors (Lipinski definition) is 10. The van der Waals surface area contributed by atoms with Crippen LogP contribution in [-0.2, 0) is 44.2 Å². The first kappa shape index (κ1) is 52.7. The van der Waals surface area contributed by atoms with Gasteiger partial charge in [-0.1, -0.05) is 133 Å². The molecule has 0 aliphatic heterocycles. The molecule has 14 heteroatoms. The summed E-state index contributed by atoms with van der Waals surface area (Å²) in [6, 6.07) is 38.0. The summed E-state index contributed by atoms with van der Waals surface area (Å²) in [5, 5.41) is 6.87. The summed E-state index contributed by atoms with van der Waals surface area (Å²) >= 11 is 0. The number of hydrogen-bond donors (Lipinski definition) is 2. The number of benzene rings is 6. The summed E-state index contributed by atoms with van der Waals surface area (Å²) in [5.74, 6) is -3.02. The fourth-order valence-corrected chi connectivity index (χ4v) is 13.9. The fourth-order valence-electron chi connectivity index (χ4n) is 8.70. The van der Waals surface area contributed by atoms with Crippen LogP contribution >= 0.6 is 14.3 Å². The van der Waals surface area contributed by atoms with Crippen LogP contribution < -0.4 is 31.9 Å². The van der Waals surface area contributed by atoms with Gasteiger partial charge in [0.15, 0.2) is 0 Å². The first-order valence-corrected chi connectivity index (χ1v) is 26.5. The number of Topliss-reactive ketones (excluding diaryl/α,β-unsaturated/α-hetero) is 2. The van der Waals surface area contributed by atoms with Crippen LogP contribution in [0.3, 0.4) is 0 Å². The number of ketones is 2. The molecule has 0 heterocycles. The number of carbonyl (C=O) groups is 6. The van der Waals surface area contributed by atoms with Gasteiger partial charge in [-0.05, 0) is 86.9 Å². The molecule has 0 bridgehead atoms.